The fourth-order valence-corrected chi connectivity index (χ4v) is 3.75. The number of nitrogens with one attached hydrogen (secondary N) is 1. The molecule has 2 unspecified atom stereocenters. The molecule has 1 N–H and O–H groups in total. The van der Waals surface area contributed by atoms with Crippen molar-refractivity contribution in [2.75, 3.05) is 7.05 Å². The Hall–Kier alpha value is -1.12. The second-order valence-electron chi connectivity index (χ2n) is 4.71. The Bertz CT molecular complexity index is 487. The molecule has 17 heavy (non-hydrogen) atoms. The van der Waals surface area contributed by atoms with E-state index >= 15 is 0 Å². The first-order valence-electron chi connectivity index (χ1n) is 6.16. The SMILES string of the molecule is CNC1c2ccccc2CC1Cc1cccs1. The first-order chi connectivity index (χ1) is 8.38. The normalized spacial score (nSPS) is 22.6. The maximum atomic E-state index is 3.49. The molecule has 1 nitrogen and oxygen atoms in total. The molecule has 0 fully saturated rings. The predicted octanol–water partition coefficient (Wildman–Crippen LogP) is 3.42. The van der Waals surface area contributed by atoms with Gasteiger partial charge in [-0.05, 0) is 48.4 Å². The van der Waals surface area contributed by atoms with Crippen molar-refractivity contribution in [2.24, 2.45) is 5.92 Å². The van der Waals surface area contributed by atoms with E-state index in [1.807, 2.05) is 11.3 Å². The average molecular weight is 243 g/mol. The third-order valence-electron chi connectivity index (χ3n) is 3.70. The van der Waals surface area contributed by atoms with Crippen molar-refractivity contribution in [3.8, 4) is 0 Å². The predicted molar refractivity (Wildman–Crippen MR) is 73.5 cm³/mol. The topological polar surface area (TPSA) is 12.0 Å². The summed E-state index contributed by atoms with van der Waals surface area (Å²) in [6, 6.07) is 13.8. The van der Waals surface area contributed by atoms with E-state index in [4.69, 9.17) is 0 Å². The molecule has 1 aromatic heterocycles. The fraction of sp³-hybridized carbons (Fsp3) is 0.333. The van der Waals surface area contributed by atoms with Gasteiger partial charge in [-0.2, -0.15) is 0 Å². The standard InChI is InChI=1S/C15H17NS/c1-16-15-12(10-13-6-4-8-17-13)9-11-5-2-3-7-14(11)15/h2-8,12,15-16H,9-10H2,1H3. The van der Waals surface area contributed by atoms with E-state index in [9.17, 15) is 0 Å². The highest BCUT2D eigenvalue weighted by Crippen LogP contribution is 2.38. The summed E-state index contributed by atoms with van der Waals surface area (Å²) in [4.78, 5) is 1.50. The van der Waals surface area contributed by atoms with E-state index in [2.05, 4.69) is 54.1 Å². The van der Waals surface area contributed by atoms with E-state index < -0.39 is 0 Å². The van der Waals surface area contributed by atoms with E-state index in [1.54, 1.807) is 0 Å². The molecule has 1 aliphatic rings. The zero-order chi connectivity index (χ0) is 11.7. The van der Waals surface area contributed by atoms with Gasteiger partial charge in [-0.15, -0.1) is 11.3 Å². The molecule has 0 saturated carbocycles. The van der Waals surface area contributed by atoms with Crippen LogP contribution in [0.4, 0.5) is 0 Å². The summed E-state index contributed by atoms with van der Waals surface area (Å²) in [5.74, 6) is 0.705. The molecular weight excluding hydrogens is 226 g/mol. The molecule has 0 aliphatic heterocycles. The smallest absolute Gasteiger partial charge is 0.0355 e. The number of benzene rings is 1. The maximum Gasteiger partial charge on any atom is 0.0355 e. The highest BCUT2D eigenvalue weighted by atomic mass is 32.1. The molecule has 0 radical (unpaired) electrons. The van der Waals surface area contributed by atoms with E-state index in [1.165, 1.54) is 28.8 Å². The monoisotopic (exact) mass is 243 g/mol. The first-order valence-corrected chi connectivity index (χ1v) is 7.04. The molecule has 1 aliphatic carbocycles. The molecule has 2 aromatic rings. The van der Waals surface area contributed by atoms with Gasteiger partial charge in [-0.1, -0.05) is 30.3 Å². The number of thiophene rings is 1. The second kappa shape index (κ2) is 4.63. The van der Waals surface area contributed by atoms with Gasteiger partial charge in [0, 0.05) is 10.9 Å². The lowest BCUT2D eigenvalue weighted by Gasteiger charge is -2.19. The van der Waals surface area contributed by atoms with Crippen LogP contribution >= 0.6 is 11.3 Å². The minimum Gasteiger partial charge on any atom is -0.313 e. The quantitative estimate of drug-likeness (QED) is 0.871. The van der Waals surface area contributed by atoms with Crippen LogP contribution in [0.2, 0.25) is 0 Å². The Kier molecular flexibility index (Phi) is 3.00. The Balaban J connectivity index is 1.84. The Morgan fingerprint density at radius 1 is 1.24 bits per heavy atom. The van der Waals surface area contributed by atoms with Crippen molar-refractivity contribution in [1.82, 2.24) is 5.32 Å². The van der Waals surface area contributed by atoms with Crippen LogP contribution in [0.25, 0.3) is 0 Å². The molecule has 0 spiro atoms. The molecule has 88 valence electrons. The summed E-state index contributed by atoms with van der Waals surface area (Å²) in [7, 11) is 2.08. The van der Waals surface area contributed by atoms with Gasteiger partial charge in [0.05, 0.1) is 0 Å². The molecule has 1 aromatic carbocycles. The lowest BCUT2D eigenvalue weighted by molar-refractivity contribution is 0.412. The molecule has 1 heterocycles. The molecule has 2 heteroatoms. The van der Waals surface area contributed by atoms with Crippen LogP contribution in [-0.2, 0) is 12.8 Å². The minimum absolute atomic E-state index is 0.522. The van der Waals surface area contributed by atoms with Gasteiger partial charge in [-0.25, -0.2) is 0 Å². The van der Waals surface area contributed by atoms with Crippen LogP contribution < -0.4 is 5.32 Å². The van der Waals surface area contributed by atoms with Gasteiger partial charge < -0.3 is 5.32 Å². The summed E-state index contributed by atoms with van der Waals surface area (Å²) in [6.07, 6.45) is 2.40. The third-order valence-corrected chi connectivity index (χ3v) is 4.60. The average Bonchev–Trinajstić information content (AvgIpc) is 2.96. The van der Waals surface area contributed by atoms with Crippen molar-refractivity contribution in [1.29, 1.82) is 0 Å². The number of fused-ring (bicyclic) bond motifs is 1. The highest BCUT2D eigenvalue weighted by Gasteiger charge is 2.30. The Morgan fingerprint density at radius 3 is 2.88 bits per heavy atom. The minimum atomic E-state index is 0.522. The van der Waals surface area contributed by atoms with Gasteiger partial charge in [0.2, 0.25) is 0 Å². The highest BCUT2D eigenvalue weighted by molar-refractivity contribution is 7.09. The lowest BCUT2D eigenvalue weighted by Crippen LogP contribution is -2.22. The van der Waals surface area contributed by atoms with E-state index in [0.29, 0.717) is 12.0 Å². The van der Waals surface area contributed by atoms with Crippen molar-refractivity contribution in [3.05, 3.63) is 57.8 Å². The summed E-state index contributed by atoms with van der Waals surface area (Å²) < 4.78 is 0. The fourth-order valence-electron chi connectivity index (χ4n) is 2.95. The summed E-state index contributed by atoms with van der Waals surface area (Å²) in [5.41, 5.74) is 3.02. The number of hydrogen-bond donors (Lipinski definition) is 1. The van der Waals surface area contributed by atoms with Crippen LogP contribution in [-0.4, -0.2) is 7.05 Å². The van der Waals surface area contributed by atoms with Crippen molar-refractivity contribution in [3.63, 3.8) is 0 Å². The Morgan fingerprint density at radius 2 is 2.12 bits per heavy atom. The number of rotatable bonds is 3. The van der Waals surface area contributed by atoms with Crippen molar-refractivity contribution in [2.45, 2.75) is 18.9 Å². The van der Waals surface area contributed by atoms with Crippen LogP contribution in [0.3, 0.4) is 0 Å². The molecule has 0 bridgehead atoms. The zero-order valence-electron chi connectivity index (χ0n) is 10.0. The van der Waals surface area contributed by atoms with E-state index in [0.717, 1.165) is 0 Å². The first kappa shape index (κ1) is 11.0. The molecule has 2 atom stereocenters. The summed E-state index contributed by atoms with van der Waals surface area (Å²) >= 11 is 1.87. The lowest BCUT2D eigenvalue weighted by atomic mass is 9.96. The van der Waals surface area contributed by atoms with Gasteiger partial charge >= 0.3 is 0 Å². The van der Waals surface area contributed by atoms with Crippen LogP contribution in [0.15, 0.2) is 41.8 Å². The van der Waals surface area contributed by atoms with Crippen LogP contribution in [0.1, 0.15) is 22.0 Å². The van der Waals surface area contributed by atoms with Gasteiger partial charge in [0.1, 0.15) is 0 Å². The van der Waals surface area contributed by atoms with Crippen molar-refractivity contribution < 1.29 is 0 Å². The zero-order valence-corrected chi connectivity index (χ0v) is 10.8. The second-order valence-corrected chi connectivity index (χ2v) is 5.75. The third kappa shape index (κ3) is 2.03. The van der Waals surface area contributed by atoms with E-state index in [-0.39, 0.29) is 0 Å². The van der Waals surface area contributed by atoms with Crippen LogP contribution in [0.5, 0.6) is 0 Å². The summed E-state index contributed by atoms with van der Waals surface area (Å²) in [6.45, 7) is 0. The maximum absolute atomic E-state index is 3.49. The molecular formula is C15H17NS. The largest absolute Gasteiger partial charge is 0.313 e. The Labute approximate surface area is 106 Å². The van der Waals surface area contributed by atoms with Crippen molar-refractivity contribution >= 4 is 11.3 Å². The van der Waals surface area contributed by atoms with Gasteiger partial charge in [0.15, 0.2) is 0 Å². The molecule has 0 saturated heterocycles. The molecule has 3 rings (SSSR count). The number of hydrogen-bond acceptors (Lipinski definition) is 2. The molecule has 0 amide bonds. The summed E-state index contributed by atoms with van der Waals surface area (Å²) in [5, 5.41) is 5.66. The van der Waals surface area contributed by atoms with Gasteiger partial charge in [-0.3, -0.25) is 0 Å². The van der Waals surface area contributed by atoms with Gasteiger partial charge in [0.25, 0.3) is 0 Å². The van der Waals surface area contributed by atoms with Crippen LogP contribution in [0, 0.1) is 5.92 Å².